The van der Waals surface area contributed by atoms with E-state index in [1.807, 2.05) is 0 Å². The normalized spacial score (nSPS) is 14.6. The minimum Gasteiger partial charge on any atom is -0.328 e. The lowest BCUT2D eigenvalue weighted by molar-refractivity contribution is 0.478. The van der Waals surface area contributed by atoms with E-state index in [-0.39, 0.29) is 0 Å². The Morgan fingerprint density at radius 1 is 1.06 bits per heavy atom. The molecule has 0 spiro atoms. The van der Waals surface area contributed by atoms with Gasteiger partial charge in [-0.3, -0.25) is 0 Å². The van der Waals surface area contributed by atoms with Crippen molar-refractivity contribution in [1.82, 2.24) is 0 Å². The molecule has 17 heavy (non-hydrogen) atoms. The molecule has 0 radical (unpaired) electrons. The van der Waals surface area contributed by atoms with Crippen molar-refractivity contribution in [3.63, 3.8) is 0 Å². The van der Waals surface area contributed by atoms with Crippen LogP contribution in [0.1, 0.15) is 50.8 Å². The summed E-state index contributed by atoms with van der Waals surface area (Å²) >= 11 is 0. The second kappa shape index (κ2) is 6.80. The zero-order valence-corrected chi connectivity index (χ0v) is 11.8. The quantitative estimate of drug-likeness (QED) is 0.796. The highest BCUT2D eigenvalue weighted by molar-refractivity contribution is 5.32. The first-order valence-electron chi connectivity index (χ1n) is 6.93. The number of hydrogen-bond acceptors (Lipinski definition) is 1. The highest BCUT2D eigenvalue weighted by atomic mass is 14.6. The fourth-order valence-corrected chi connectivity index (χ4v) is 2.53. The monoisotopic (exact) mass is 233 g/mol. The molecular formula is C16H27N. The van der Waals surface area contributed by atoms with Crippen molar-refractivity contribution < 1.29 is 0 Å². The highest BCUT2D eigenvalue weighted by Crippen LogP contribution is 2.19. The molecule has 0 aliphatic heterocycles. The smallest absolute Gasteiger partial charge is 0.00131 e. The van der Waals surface area contributed by atoms with Gasteiger partial charge in [-0.1, -0.05) is 39.0 Å². The molecule has 1 aromatic carbocycles. The third-order valence-corrected chi connectivity index (χ3v) is 3.40. The fraction of sp³-hybridized carbons (Fsp3) is 0.625. The third-order valence-electron chi connectivity index (χ3n) is 3.40. The summed E-state index contributed by atoms with van der Waals surface area (Å²) in [6.45, 7) is 8.86. The van der Waals surface area contributed by atoms with Gasteiger partial charge in [0.2, 0.25) is 0 Å². The zero-order valence-electron chi connectivity index (χ0n) is 11.8. The van der Waals surface area contributed by atoms with E-state index in [2.05, 4.69) is 45.9 Å². The van der Waals surface area contributed by atoms with Crippen molar-refractivity contribution in [1.29, 1.82) is 0 Å². The van der Waals surface area contributed by atoms with Gasteiger partial charge in [-0.25, -0.2) is 0 Å². The fourth-order valence-electron chi connectivity index (χ4n) is 2.53. The van der Waals surface area contributed by atoms with Gasteiger partial charge >= 0.3 is 0 Å². The molecule has 0 aliphatic carbocycles. The predicted molar refractivity (Wildman–Crippen MR) is 76.3 cm³/mol. The summed E-state index contributed by atoms with van der Waals surface area (Å²) in [6.07, 6.45) is 4.53. The number of hydrogen-bond donors (Lipinski definition) is 1. The van der Waals surface area contributed by atoms with Crippen LogP contribution in [-0.4, -0.2) is 6.04 Å². The van der Waals surface area contributed by atoms with Gasteiger partial charge in [-0.05, 0) is 55.2 Å². The average Bonchev–Trinajstić information content (AvgIpc) is 2.27. The molecule has 1 nitrogen and oxygen atoms in total. The molecule has 0 amide bonds. The van der Waals surface area contributed by atoms with E-state index in [0.717, 1.165) is 19.3 Å². The lowest BCUT2D eigenvalue weighted by Gasteiger charge is -2.17. The molecular weight excluding hydrogens is 206 g/mol. The summed E-state index contributed by atoms with van der Waals surface area (Å²) in [4.78, 5) is 0. The first-order valence-corrected chi connectivity index (χ1v) is 6.93. The maximum atomic E-state index is 5.87. The Kier molecular flexibility index (Phi) is 5.70. The Morgan fingerprint density at radius 3 is 2.29 bits per heavy atom. The highest BCUT2D eigenvalue weighted by Gasteiger charge is 2.09. The van der Waals surface area contributed by atoms with Crippen molar-refractivity contribution >= 4 is 0 Å². The predicted octanol–water partition coefficient (Wildman–Crippen LogP) is 3.73. The van der Waals surface area contributed by atoms with Crippen LogP contribution in [0.25, 0.3) is 0 Å². The van der Waals surface area contributed by atoms with Gasteiger partial charge in [-0.2, -0.15) is 0 Å². The van der Waals surface area contributed by atoms with Gasteiger partial charge in [0, 0.05) is 6.04 Å². The van der Waals surface area contributed by atoms with Crippen LogP contribution in [0, 0.1) is 5.92 Å². The van der Waals surface area contributed by atoms with E-state index in [1.54, 1.807) is 0 Å². The number of aryl methyl sites for hydroxylation is 2. The Balaban J connectivity index is 2.80. The van der Waals surface area contributed by atoms with Crippen LogP contribution >= 0.6 is 0 Å². The van der Waals surface area contributed by atoms with Gasteiger partial charge in [0.15, 0.2) is 0 Å². The largest absolute Gasteiger partial charge is 0.328 e. The number of benzene rings is 1. The van der Waals surface area contributed by atoms with E-state index in [4.69, 9.17) is 5.73 Å². The number of rotatable bonds is 6. The molecule has 2 unspecified atom stereocenters. The standard InChI is InChI=1S/C16H27N/c1-5-14-7-8-15(6-2)16(11-14)10-12(3)9-13(4)17/h7-8,11-13H,5-6,9-10,17H2,1-4H3. The molecule has 2 atom stereocenters. The topological polar surface area (TPSA) is 26.0 Å². The Labute approximate surface area is 106 Å². The summed E-state index contributed by atoms with van der Waals surface area (Å²) in [5.74, 6) is 0.674. The van der Waals surface area contributed by atoms with E-state index in [1.165, 1.54) is 23.1 Å². The molecule has 0 heterocycles. The maximum Gasteiger partial charge on any atom is 0.00131 e. The second-order valence-corrected chi connectivity index (χ2v) is 5.33. The van der Waals surface area contributed by atoms with Crippen molar-refractivity contribution in [2.75, 3.05) is 0 Å². The van der Waals surface area contributed by atoms with E-state index in [9.17, 15) is 0 Å². The second-order valence-electron chi connectivity index (χ2n) is 5.33. The SMILES string of the molecule is CCc1ccc(CC)c(CC(C)CC(C)N)c1. The van der Waals surface area contributed by atoms with E-state index < -0.39 is 0 Å². The Hall–Kier alpha value is -0.820. The summed E-state index contributed by atoms with van der Waals surface area (Å²) in [5, 5.41) is 0. The van der Waals surface area contributed by atoms with Crippen molar-refractivity contribution in [2.45, 2.75) is 59.4 Å². The van der Waals surface area contributed by atoms with Gasteiger partial charge in [0.25, 0.3) is 0 Å². The molecule has 2 N–H and O–H groups in total. The average molecular weight is 233 g/mol. The molecule has 0 aromatic heterocycles. The summed E-state index contributed by atoms with van der Waals surface area (Å²) in [5.41, 5.74) is 10.3. The molecule has 0 bridgehead atoms. The van der Waals surface area contributed by atoms with Crippen molar-refractivity contribution in [2.24, 2.45) is 11.7 Å². The van der Waals surface area contributed by atoms with Crippen LogP contribution in [0.5, 0.6) is 0 Å². The zero-order chi connectivity index (χ0) is 12.8. The molecule has 0 fully saturated rings. The lowest BCUT2D eigenvalue weighted by atomic mass is 9.90. The summed E-state index contributed by atoms with van der Waals surface area (Å²) in [7, 11) is 0. The van der Waals surface area contributed by atoms with E-state index >= 15 is 0 Å². The van der Waals surface area contributed by atoms with Crippen LogP contribution in [-0.2, 0) is 19.3 Å². The number of nitrogens with two attached hydrogens (primary N) is 1. The van der Waals surface area contributed by atoms with Crippen molar-refractivity contribution in [3.8, 4) is 0 Å². The van der Waals surface area contributed by atoms with Crippen LogP contribution in [0.3, 0.4) is 0 Å². The summed E-state index contributed by atoms with van der Waals surface area (Å²) < 4.78 is 0. The van der Waals surface area contributed by atoms with Crippen LogP contribution in [0.2, 0.25) is 0 Å². The van der Waals surface area contributed by atoms with Gasteiger partial charge in [-0.15, -0.1) is 0 Å². The van der Waals surface area contributed by atoms with Crippen LogP contribution in [0.15, 0.2) is 18.2 Å². The minimum absolute atomic E-state index is 0.310. The molecule has 0 saturated heterocycles. The van der Waals surface area contributed by atoms with Gasteiger partial charge in [0.05, 0.1) is 0 Å². The van der Waals surface area contributed by atoms with Crippen LogP contribution in [0.4, 0.5) is 0 Å². The summed E-state index contributed by atoms with van der Waals surface area (Å²) in [6, 6.07) is 7.26. The molecule has 1 rings (SSSR count). The molecule has 96 valence electrons. The molecule has 0 aliphatic rings. The molecule has 1 heteroatoms. The lowest BCUT2D eigenvalue weighted by Crippen LogP contribution is -2.19. The first-order chi connectivity index (χ1) is 8.06. The Bertz CT molecular complexity index is 341. The van der Waals surface area contributed by atoms with Gasteiger partial charge < -0.3 is 5.73 Å². The van der Waals surface area contributed by atoms with Crippen molar-refractivity contribution in [3.05, 3.63) is 34.9 Å². The minimum atomic E-state index is 0.310. The first kappa shape index (κ1) is 14.2. The van der Waals surface area contributed by atoms with E-state index in [0.29, 0.717) is 12.0 Å². The molecule has 0 saturated carbocycles. The van der Waals surface area contributed by atoms with Gasteiger partial charge in [0.1, 0.15) is 0 Å². The molecule has 1 aromatic rings. The third kappa shape index (κ3) is 4.51. The maximum absolute atomic E-state index is 5.87. The Morgan fingerprint density at radius 2 is 1.76 bits per heavy atom. The van der Waals surface area contributed by atoms with Crippen LogP contribution < -0.4 is 5.73 Å².